The van der Waals surface area contributed by atoms with E-state index in [1.807, 2.05) is 17.5 Å². The van der Waals surface area contributed by atoms with E-state index >= 15 is 0 Å². The molecule has 0 radical (unpaired) electrons. The van der Waals surface area contributed by atoms with Crippen LogP contribution in [0.2, 0.25) is 0 Å². The van der Waals surface area contributed by atoms with Crippen LogP contribution in [0.3, 0.4) is 0 Å². The van der Waals surface area contributed by atoms with Crippen molar-refractivity contribution >= 4 is 23.2 Å². The molecule has 0 fully saturated rings. The number of methoxy groups -OCH3 is 1. The van der Waals surface area contributed by atoms with E-state index in [4.69, 9.17) is 18.9 Å². The normalized spacial score (nSPS) is 13.6. The molecule has 1 amide bonds. The standard InChI is InChI=1S/C18H19NO6S/c1-11(17(20)19-10-13-4-3-7-26-13)25-18(21)12-8-14(22-2)16-15(9-12)23-5-6-24-16/h3-4,7-9,11H,5-6,10H2,1-2H3,(H,19,20)/t11-/m1/s1. The predicted octanol–water partition coefficient (Wildman–Crippen LogP) is 2.39. The maximum Gasteiger partial charge on any atom is 0.339 e. The summed E-state index contributed by atoms with van der Waals surface area (Å²) in [5.41, 5.74) is 0.226. The summed E-state index contributed by atoms with van der Waals surface area (Å²) in [4.78, 5) is 25.5. The fraction of sp³-hybridized carbons (Fsp3) is 0.333. The van der Waals surface area contributed by atoms with Crippen LogP contribution in [-0.2, 0) is 16.1 Å². The maximum atomic E-state index is 12.4. The lowest BCUT2D eigenvalue weighted by Gasteiger charge is -2.21. The van der Waals surface area contributed by atoms with Gasteiger partial charge in [0.15, 0.2) is 17.6 Å². The first-order valence-electron chi connectivity index (χ1n) is 8.07. The second-order valence-electron chi connectivity index (χ2n) is 5.55. The van der Waals surface area contributed by atoms with Crippen molar-refractivity contribution in [1.82, 2.24) is 5.32 Å². The molecule has 1 aliphatic rings. The molecule has 0 aliphatic carbocycles. The van der Waals surface area contributed by atoms with Gasteiger partial charge in [0.25, 0.3) is 5.91 Å². The van der Waals surface area contributed by atoms with E-state index in [1.54, 1.807) is 11.3 Å². The quantitative estimate of drug-likeness (QED) is 0.779. The molecular formula is C18H19NO6S. The van der Waals surface area contributed by atoms with Crippen LogP contribution in [0.15, 0.2) is 29.6 Å². The number of ether oxygens (including phenoxy) is 4. The minimum absolute atomic E-state index is 0.226. The largest absolute Gasteiger partial charge is 0.493 e. The van der Waals surface area contributed by atoms with Gasteiger partial charge in [-0.25, -0.2) is 4.79 Å². The summed E-state index contributed by atoms with van der Waals surface area (Å²) in [5, 5.41) is 4.67. The second-order valence-corrected chi connectivity index (χ2v) is 6.58. The summed E-state index contributed by atoms with van der Waals surface area (Å²) in [5.74, 6) is 0.244. The SMILES string of the molecule is COc1cc(C(=O)O[C@H](C)C(=O)NCc2cccs2)cc2c1OCCO2. The number of carbonyl (C=O) groups excluding carboxylic acids is 2. The molecule has 26 heavy (non-hydrogen) atoms. The van der Waals surface area contributed by atoms with Crippen molar-refractivity contribution in [2.24, 2.45) is 0 Å². The summed E-state index contributed by atoms with van der Waals surface area (Å²) >= 11 is 1.54. The molecule has 2 heterocycles. The van der Waals surface area contributed by atoms with E-state index in [-0.39, 0.29) is 11.5 Å². The minimum atomic E-state index is -0.929. The summed E-state index contributed by atoms with van der Waals surface area (Å²) in [6, 6.07) is 6.86. The van der Waals surface area contributed by atoms with Crippen molar-refractivity contribution in [3.05, 3.63) is 40.1 Å². The van der Waals surface area contributed by atoms with Crippen molar-refractivity contribution in [3.8, 4) is 17.2 Å². The summed E-state index contributed by atoms with van der Waals surface area (Å²) in [7, 11) is 1.48. The van der Waals surface area contributed by atoms with Crippen molar-refractivity contribution in [2.45, 2.75) is 19.6 Å². The summed E-state index contributed by atoms with van der Waals surface area (Å²) in [6.45, 7) is 2.72. The van der Waals surface area contributed by atoms with Crippen LogP contribution < -0.4 is 19.5 Å². The number of nitrogens with one attached hydrogen (secondary N) is 1. The van der Waals surface area contributed by atoms with Gasteiger partial charge in [-0.3, -0.25) is 4.79 Å². The Bertz CT molecular complexity index is 772. The first kappa shape index (κ1) is 18.1. The van der Waals surface area contributed by atoms with E-state index in [0.29, 0.717) is 37.0 Å². The number of hydrogen-bond donors (Lipinski definition) is 1. The van der Waals surface area contributed by atoms with Gasteiger partial charge in [-0.1, -0.05) is 6.07 Å². The number of amides is 1. The lowest BCUT2D eigenvalue weighted by Crippen LogP contribution is -2.35. The highest BCUT2D eigenvalue weighted by Crippen LogP contribution is 2.40. The third-order valence-corrected chi connectivity index (χ3v) is 4.61. The topological polar surface area (TPSA) is 83.1 Å². The third kappa shape index (κ3) is 4.08. The van der Waals surface area contributed by atoms with E-state index in [0.717, 1.165) is 4.88 Å². The van der Waals surface area contributed by atoms with Gasteiger partial charge in [-0.05, 0) is 30.5 Å². The molecule has 0 unspecified atom stereocenters. The zero-order chi connectivity index (χ0) is 18.5. The minimum Gasteiger partial charge on any atom is -0.493 e. The Balaban J connectivity index is 1.64. The molecule has 1 aliphatic heterocycles. The van der Waals surface area contributed by atoms with E-state index in [2.05, 4.69) is 5.32 Å². The smallest absolute Gasteiger partial charge is 0.339 e. The molecule has 1 N–H and O–H groups in total. The zero-order valence-corrected chi connectivity index (χ0v) is 15.3. The van der Waals surface area contributed by atoms with Gasteiger partial charge in [0.05, 0.1) is 19.2 Å². The average molecular weight is 377 g/mol. The lowest BCUT2D eigenvalue weighted by atomic mass is 10.1. The fourth-order valence-electron chi connectivity index (χ4n) is 2.40. The highest BCUT2D eigenvalue weighted by molar-refractivity contribution is 7.09. The number of hydrogen-bond acceptors (Lipinski definition) is 7. The van der Waals surface area contributed by atoms with Crippen LogP contribution >= 0.6 is 11.3 Å². The molecule has 0 saturated heterocycles. The number of esters is 1. The highest BCUT2D eigenvalue weighted by atomic mass is 32.1. The first-order chi connectivity index (χ1) is 12.6. The van der Waals surface area contributed by atoms with Crippen LogP contribution in [0.4, 0.5) is 0 Å². The summed E-state index contributed by atoms with van der Waals surface area (Å²) < 4.78 is 21.5. The van der Waals surface area contributed by atoms with Crippen LogP contribution in [0.5, 0.6) is 17.2 Å². The first-order valence-corrected chi connectivity index (χ1v) is 8.95. The van der Waals surface area contributed by atoms with E-state index in [1.165, 1.54) is 26.2 Å². The van der Waals surface area contributed by atoms with Crippen molar-refractivity contribution < 1.29 is 28.5 Å². The van der Waals surface area contributed by atoms with Gasteiger partial charge in [-0.15, -0.1) is 11.3 Å². The van der Waals surface area contributed by atoms with Gasteiger partial charge in [0.2, 0.25) is 5.75 Å². The molecule has 8 heteroatoms. The molecule has 1 atom stereocenters. The molecule has 1 aromatic carbocycles. The average Bonchev–Trinajstić information content (AvgIpc) is 3.18. The Hall–Kier alpha value is -2.74. The number of thiophene rings is 1. The van der Waals surface area contributed by atoms with Gasteiger partial charge >= 0.3 is 5.97 Å². The zero-order valence-electron chi connectivity index (χ0n) is 14.4. The Labute approximate surface area is 154 Å². The van der Waals surface area contributed by atoms with E-state index < -0.39 is 12.1 Å². The van der Waals surface area contributed by atoms with Crippen LogP contribution in [0, 0.1) is 0 Å². The number of fused-ring (bicyclic) bond motifs is 1. The van der Waals surface area contributed by atoms with Gasteiger partial charge < -0.3 is 24.3 Å². The maximum absolute atomic E-state index is 12.4. The van der Waals surface area contributed by atoms with Crippen molar-refractivity contribution in [1.29, 1.82) is 0 Å². The second kappa shape index (κ2) is 8.09. The van der Waals surface area contributed by atoms with Crippen molar-refractivity contribution in [3.63, 3.8) is 0 Å². The molecule has 138 valence electrons. The predicted molar refractivity (Wildman–Crippen MR) is 95.0 cm³/mol. The molecular weight excluding hydrogens is 358 g/mol. The molecule has 0 saturated carbocycles. The monoisotopic (exact) mass is 377 g/mol. The molecule has 1 aromatic heterocycles. The molecule has 3 rings (SSSR count). The Morgan fingerprint density at radius 1 is 1.31 bits per heavy atom. The number of rotatable bonds is 6. The van der Waals surface area contributed by atoms with Crippen LogP contribution in [0.25, 0.3) is 0 Å². The Kier molecular flexibility index (Phi) is 5.62. The Morgan fingerprint density at radius 3 is 2.85 bits per heavy atom. The molecule has 0 bridgehead atoms. The van der Waals surface area contributed by atoms with Gasteiger partial charge in [0.1, 0.15) is 13.2 Å². The van der Waals surface area contributed by atoms with Gasteiger partial charge in [0, 0.05) is 4.88 Å². The summed E-state index contributed by atoms with van der Waals surface area (Å²) in [6.07, 6.45) is -0.929. The molecule has 0 spiro atoms. The number of benzene rings is 1. The highest BCUT2D eigenvalue weighted by Gasteiger charge is 2.24. The van der Waals surface area contributed by atoms with Gasteiger partial charge in [-0.2, -0.15) is 0 Å². The lowest BCUT2D eigenvalue weighted by molar-refractivity contribution is -0.129. The van der Waals surface area contributed by atoms with Crippen molar-refractivity contribution in [2.75, 3.05) is 20.3 Å². The van der Waals surface area contributed by atoms with Crippen LogP contribution in [0.1, 0.15) is 22.2 Å². The van der Waals surface area contributed by atoms with Crippen LogP contribution in [-0.4, -0.2) is 38.3 Å². The third-order valence-electron chi connectivity index (χ3n) is 3.73. The fourth-order valence-corrected chi connectivity index (χ4v) is 3.05. The molecule has 2 aromatic rings. The Morgan fingerprint density at radius 2 is 2.12 bits per heavy atom. The van der Waals surface area contributed by atoms with E-state index in [9.17, 15) is 9.59 Å². The number of carbonyl (C=O) groups is 2. The molecule has 7 nitrogen and oxygen atoms in total.